The summed E-state index contributed by atoms with van der Waals surface area (Å²) in [6.45, 7) is 3.51. The fourth-order valence-electron chi connectivity index (χ4n) is 2.56. The highest BCUT2D eigenvalue weighted by atomic mass is 35.5. The number of nitrogens with zero attached hydrogens (tertiary/aromatic N) is 1. The van der Waals surface area contributed by atoms with Crippen molar-refractivity contribution in [2.75, 3.05) is 13.1 Å². The topological polar surface area (TPSA) is 67.2 Å². The number of hydrogen-bond donors (Lipinski definition) is 2. The Morgan fingerprint density at radius 1 is 1.52 bits per heavy atom. The summed E-state index contributed by atoms with van der Waals surface area (Å²) in [6.07, 6.45) is 2.61. The number of carbonyl (C=O) groups excluding carboxylic acids is 1. The molecule has 6 heteroatoms. The van der Waals surface area contributed by atoms with Crippen molar-refractivity contribution in [2.45, 2.75) is 32.2 Å². The molecule has 21 heavy (non-hydrogen) atoms. The van der Waals surface area contributed by atoms with Crippen LogP contribution in [0.15, 0.2) is 22.6 Å². The molecule has 0 bridgehead atoms. The van der Waals surface area contributed by atoms with E-state index in [9.17, 15) is 4.79 Å². The first kappa shape index (κ1) is 15.8. The molecule has 0 unspecified atom stereocenters. The SMILES string of the molecule is Cc1cccc2oc(CCNC(=O)[C@@H]3CCCN3)nc12.Cl. The van der Waals surface area contributed by atoms with Crippen LogP contribution in [0.4, 0.5) is 0 Å². The van der Waals surface area contributed by atoms with Crippen LogP contribution in [0.25, 0.3) is 11.1 Å². The number of aromatic nitrogens is 1. The minimum Gasteiger partial charge on any atom is -0.441 e. The maximum atomic E-state index is 11.8. The summed E-state index contributed by atoms with van der Waals surface area (Å²) in [5.74, 6) is 0.753. The smallest absolute Gasteiger partial charge is 0.237 e. The second-order valence-electron chi connectivity index (χ2n) is 5.22. The molecule has 2 aromatic rings. The lowest BCUT2D eigenvalue weighted by Crippen LogP contribution is -2.41. The van der Waals surface area contributed by atoms with Crippen LogP contribution in [0.3, 0.4) is 0 Å². The molecule has 1 aliphatic heterocycles. The van der Waals surface area contributed by atoms with Crippen molar-refractivity contribution in [3.05, 3.63) is 29.7 Å². The number of amides is 1. The largest absolute Gasteiger partial charge is 0.441 e. The average Bonchev–Trinajstić information content (AvgIpc) is 3.07. The van der Waals surface area contributed by atoms with Crippen molar-refractivity contribution in [3.63, 3.8) is 0 Å². The van der Waals surface area contributed by atoms with Crippen LogP contribution in [-0.2, 0) is 11.2 Å². The van der Waals surface area contributed by atoms with Crippen molar-refractivity contribution in [1.82, 2.24) is 15.6 Å². The van der Waals surface area contributed by atoms with E-state index in [4.69, 9.17) is 4.42 Å². The number of nitrogens with one attached hydrogen (secondary N) is 2. The van der Waals surface area contributed by atoms with Gasteiger partial charge in [0.2, 0.25) is 5.91 Å². The first-order valence-electron chi connectivity index (χ1n) is 7.10. The van der Waals surface area contributed by atoms with E-state index in [2.05, 4.69) is 15.6 Å². The monoisotopic (exact) mass is 309 g/mol. The van der Waals surface area contributed by atoms with E-state index >= 15 is 0 Å². The summed E-state index contributed by atoms with van der Waals surface area (Å²) in [5.41, 5.74) is 2.83. The standard InChI is InChI=1S/C15H19N3O2.ClH/c1-10-4-2-6-12-14(10)18-13(20-12)7-9-17-15(19)11-5-3-8-16-11;/h2,4,6,11,16H,3,5,7-9H2,1H3,(H,17,19);1H/t11-;/m0./s1. The molecule has 0 spiro atoms. The van der Waals surface area contributed by atoms with Gasteiger partial charge in [-0.1, -0.05) is 12.1 Å². The van der Waals surface area contributed by atoms with E-state index < -0.39 is 0 Å². The first-order chi connectivity index (χ1) is 9.74. The molecular weight excluding hydrogens is 290 g/mol. The molecule has 1 aromatic carbocycles. The highest BCUT2D eigenvalue weighted by Crippen LogP contribution is 2.18. The van der Waals surface area contributed by atoms with Crippen LogP contribution in [0.2, 0.25) is 0 Å². The number of aryl methyl sites for hydroxylation is 1. The number of rotatable bonds is 4. The highest BCUT2D eigenvalue weighted by Gasteiger charge is 2.21. The fraction of sp³-hybridized carbons (Fsp3) is 0.467. The summed E-state index contributed by atoms with van der Waals surface area (Å²) >= 11 is 0. The summed E-state index contributed by atoms with van der Waals surface area (Å²) in [7, 11) is 0. The normalized spacial score (nSPS) is 17.7. The van der Waals surface area contributed by atoms with Gasteiger partial charge >= 0.3 is 0 Å². The van der Waals surface area contributed by atoms with E-state index in [1.165, 1.54) is 0 Å². The van der Waals surface area contributed by atoms with Crippen molar-refractivity contribution >= 4 is 29.4 Å². The molecule has 2 heterocycles. The molecular formula is C15H20ClN3O2. The Bertz CT molecular complexity index is 620. The van der Waals surface area contributed by atoms with Gasteiger partial charge in [0.25, 0.3) is 0 Å². The second-order valence-corrected chi connectivity index (χ2v) is 5.22. The van der Waals surface area contributed by atoms with Crippen molar-refractivity contribution < 1.29 is 9.21 Å². The molecule has 1 aromatic heterocycles. The Morgan fingerprint density at radius 3 is 3.10 bits per heavy atom. The van der Waals surface area contributed by atoms with Gasteiger partial charge in [-0.25, -0.2) is 4.98 Å². The minimum absolute atomic E-state index is 0. The lowest BCUT2D eigenvalue weighted by atomic mass is 10.2. The molecule has 1 atom stereocenters. The number of benzene rings is 1. The van der Waals surface area contributed by atoms with E-state index in [-0.39, 0.29) is 24.4 Å². The summed E-state index contributed by atoms with van der Waals surface area (Å²) in [5, 5.41) is 6.11. The predicted octanol–water partition coefficient (Wildman–Crippen LogP) is 1.97. The Balaban J connectivity index is 0.00000161. The van der Waals surface area contributed by atoms with Gasteiger partial charge in [-0.15, -0.1) is 12.4 Å². The number of carbonyl (C=O) groups is 1. The van der Waals surface area contributed by atoms with Crippen LogP contribution in [-0.4, -0.2) is 30.0 Å². The van der Waals surface area contributed by atoms with Gasteiger partial charge in [-0.3, -0.25) is 4.79 Å². The van der Waals surface area contributed by atoms with Crippen LogP contribution in [0.1, 0.15) is 24.3 Å². The fourth-order valence-corrected chi connectivity index (χ4v) is 2.56. The molecule has 1 saturated heterocycles. The van der Waals surface area contributed by atoms with Gasteiger partial charge in [-0.05, 0) is 37.9 Å². The molecule has 5 nitrogen and oxygen atoms in total. The number of oxazole rings is 1. The molecule has 3 rings (SSSR count). The third-order valence-corrected chi connectivity index (χ3v) is 3.68. The maximum absolute atomic E-state index is 11.8. The zero-order valence-electron chi connectivity index (χ0n) is 12.0. The van der Waals surface area contributed by atoms with Gasteiger partial charge in [0, 0.05) is 13.0 Å². The molecule has 114 valence electrons. The van der Waals surface area contributed by atoms with Gasteiger partial charge in [0.05, 0.1) is 6.04 Å². The lowest BCUT2D eigenvalue weighted by Gasteiger charge is -2.09. The van der Waals surface area contributed by atoms with Crippen LogP contribution < -0.4 is 10.6 Å². The molecule has 0 aliphatic carbocycles. The van der Waals surface area contributed by atoms with E-state index in [1.54, 1.807) is 0 Å². The number of hydrogen-bond acceptors (Lipinski definition) is 4. The minimum atomic E-state index is -0.0270. The number of halogens is 1. The molecule has 0 saturated carbocycles. The Hall–Kier alpha value is -1.59. The molecule has 1 aliphatic rings. The Morgan fingerprint density at radius 2 is 2.38 bits per heavy atom. The van der Waals surface area contributed by atoms with Crippen molar-refractivity contribution in [2.24, 2.45) is 0 Å². The highest BCUT2D eigenvalue weighted by molar-refractivity contribution is 5.85. The second kappa shape index (κ2) is 6.91. The predicted molar refractivity (Wildman–Crippen MR) is 83.7 cm³/mol. The third kappa shape index (κ3) is 3.54. The average molecular weight is 310 g/mol. The van der Waals surface area contributed by atoms with E-state index in [0.29, 0.717) is 18.9 Å². The van der Waals surface area contributed by atoms with Gasteiger partial charge in [-0.2, -0.15) is 0 Å². The van der Waals surface area contributed by atoms with Crippen LogP contribution in [0.5, 0.6) is 0 Å². The van der Waals surface area contributed by atoms with Crippen LogP contribution in [0, 0.1) is 6.92 Å². The lowest BCUT2D eigenvalue weighted by molar-refractivity contribution is -0.122. The zero-order chi connectivity index (χ0) is 13.9. The molecule has 1 fully saturated rings. The number of para-hydroxylation sites is 1. The van der Waals surface area contributed by atoms with E-state index in [1.807, 2.05) is 25.1 Å². The van der Waals surface area contributed by atoms with Crippen LogP contribution >= 0.6 is 12.4 Å². The van der Waals surface area contributed by atoms with Crippen molar-refractivity contribution in [3.8, 4) is 0 Å². The van der Waals surface area contributed by atoms with E-state index in [0.717, 1.165) is 36.0 Å². The molecule has 2 N–H and O–H groups in total. The summed E-state index contributed by atoms with van der Waals surface area (Å²) in [6, 6.07) is 5.86. The van der Waals surface area contributed by atoms with Gasteiger partial charge < -0.3 is 15.1 Å². The van der Waals surface area contributed by atoms with Gasteiger partial charge in [0.15, 0.2) is 11.5 Å². The summed E-state index contributed by atoms with van der Waals surface area (Å²) < 4.78 is 5.68. The summed E-state index contributed by atoms with van der Waals surface area (Å²) in [4.78, 5) is 16.3. The Kier molecular flexibility index (Phi) is 5.20. The van der Waals surface area contributed by atoms with Gasteiger partial charge in [0.1, 0.15) is 5.52 Å². The third-order valence-electron chi connectivity index (χ3n) is 3.68. The molecule has 0 radical (unpaired) electrons. The van der Waals surface area contributed by atoms with Crippen molar-refractivity contribution in [1.29, 1.82) is 0 Å². The quantitative estimate of drug-likeness (QED) is 0.906. The number of fused-ring (bicyclic) bond motifs is 1. The zero-order valence-corrected chi connectivity index (χ0v) is 12.8. The first-order valence-corrected chi connectivity index (χ1v) is 7.10. The Labute approximate surface area is 129 Å². The molecule has 1 amide bonds. The maximum Gasteiger partial charge on any atom is 0.237 e.